The fraction of sp³-hybridized carbons (Fsp3) is 0.529. The number of piperazine rings is 1. The zero-order valence-electron chi connectivity index (χ0n) is 14.3. The summed E-state index contributed by atoms with van der Waals surface area (Å²) in [4.78, 5) is 27.0. The van der Waals surface area contributed by atoms with Crippen LogP contribution in [-0.4, -0.2) is 50.5 Å². The van der Waals surface area contributed by atoms with Crippen LogP contribution in [0.2, 0.25) is 0 Å². The summed E-state index contributed by atoms with van der Waals surface area (Å²) in [6.45, 7) is 8.58. The third-order valence-corrected chi connectivity index (χ3v) is 3.94. The summed E-state index contributed by atoms with van der Waals surface area (Å²) in [7, 11) is 1.59. The Bertz CT molecular complexity index is 573. The van der Waals surface area contributed by atoms with Gasteiger partial charge < -0.3 is 19.9 Å². The number of carbonyl (C=O) groups is 2. The van der Waals surface area contributed by atoms with Crippen molar-refractivity contribution in [2.24, 2.45) is 5.41 Å². The van der Waals surface area contributed by atoms with Gasteiger partial charge in [-0.05, 0) is 18.2 Å². The van der Waals surface area contributed by atoms with Crippen LogP contribution in [0.25, 0.3) is 0 Å². The van der Waals surface area contributed by atoms with E-state index in [4.69, 9.17) is 4.74 Å². The minimum atomic E-state index is -0.476. The number of nitrogens with one attached hydrogen (secondary N) is 1. The highest BCUT2D eigenvalue weighted by atomic mass is 16.5. The van der Waals surface area contributed by atoms with E-state index < -0.39 is 5.41 Å². The van der Waals surface area contributed by atoms with Crippen molar-refractivity contribution in [2.75, 3.05) is 43.5 Å². The third-order valence-electron chi connectivity index (χ3n) is 3.94. The zero-order chi connectivity index (χ0) is 17.0. The summed E-state index contributed by atoms with van der Waals surface area (Å²) >= 11 is 0. The van der Waals surface area contributed by atoms with Gasteiger partial charge in [0.2, 0.25) is 12.3 Å². The van der Waals surface area contributed by atoms with Crippen LogP contribution in [-0.2, 0) is 9.59 Å². The molecule has 6 nitrogen and oxygen atoms in total. The van der Waals surface area contributed by atoms with Crippen molar-refractivity contribution < 1.29 is 14.3 Å². The second-order valence-corrected chi connectivity index (χ2v) is 6.72. The Morgan fingerprint density at radius 1 is 1.22 bits per heavy atom. The van der Waals surface area contributed by atoms with Crippen LogP contribution in [0.15, 0.2) is 18.2 Å². The first-order valence-corrected chi connectivity index (χ1v) is 7.79. The van der Waals surface area contributed by atoms with Gasteiger partial charge in [-0.15, -0.1) is 0 Å². The van der Waals surface area contributed by atoms with Crippen LogP contribution < -0.4 is 15.0 Å². The molecule has 0 aliphatic carbocycles. The van der Waals surface area contributed by atoms with E-state index in [1.54, 1.807) is 12.0 Å². The highest BCUT2D eigenvalue weighted by Crippen LogP contribution is 2.31. The van der Waals surface area contributed by atoms with E-state index in [1.807, 2.05) is 39.0 Å². The maximum Gasteiger partial charge on any atom is 0.229 e. The molecule has 0 atom stereocenters. The minimum absolute atomic E-state index is 0.0567. The first-order chi connectivity index (χ1) is 10.8. The standard InChI is InChI=1S/C17H25N3O3/c1-17(2,3)16(22)18-14-11-13(5-6-15(14)23-4)20-9-7-19(12-21)8-10-20/h5-6,11-12H,7-10H2,1-4H3,(H,18,22). The second kappa shape index (κ2) is 6.89. The number of benzene rings is 1. The smallest absolute Gasteiger partial charge is 0.229 e. The Morgan fingerprint density at radius 3 is 2.39 bits per heavy atom. The summed E-state index contributed by atoms with van der Waals surface area (Å²) in [6.07, 6.45) is 0.889. The lowest BCUT2D eigenvalue weighted by molar-refractivity contribution is -0.123. The van der Waals surface area contributed by atoms with Crippen molar-refractivity contribution in [3.8, 4) is 5.75 Å². The van der Waals surface area contributed by atoms with Crippen LogP contribution in [0.3, 0.4) is 0 Å². The first-order valence-electron chi connectivity index (χ1n) is 7.79. The zero-order valence-corrected chi connectivity index (χ0v) is 14.3. The average molecular weight is 319 g/mol. The fourth-order valence-electron chi connectivity index (χ4n) is 2.39. The monoisotopic (exact) mass is 319 g/mol. The maximum atomic E-state index is 12.2. The number of hydrogen-bond donors (Lipinski definition) is 1. The van der Waals surface area contributed by atoms with Crippen molar-refractivity contribution in [3.05, 3.63) is 18.2 Å². The molecule has 0 saturated carbocycles. The Hall–Kier alpha value is -2.24. The predicted octanol–water partition coefficient (Wildman–Crippen LogP) is 1.96. The van der Waals surface area contributed by atoms with E-state index in [-0.39, 0.29) is 5.91 Å². The van der Waals surface area contributed by atoms with E-state index >= 15 is 0 Å². The number of carbonyl (C=O) groups excluding carboxylic acids is 2. The third kappa shape index (κ3) is 4.15. The van der Waals surface area contributed by atoms with E-state index in [2.05, 4.69) is 10.2 Å². The molecule has 0 unspecified atom stereocenters. The number of methoxy groups -OCH3 is 1. The largest absolute Gasteiger partial charge is 0.495 e. The van der Waals surface area contributed by atoms with Crippen LogP contribution in [0, 0.1) is 5.41 Å². The van der Waals surface area contributed by atoms with E-state index in [0.717, 1.165) is 25.2 Å². The molecule has 1 aliphatic rings. The average Bonchev–Trinajstić information content (AvgIpc) is 2.54. The quantitative estimate of drug-likeness (QED) is 0.862. The Balaban J connectivity index is 2.18. The molecule has 0 spiro atoms. The normalized spacial score (nSPS) is 15.3. The van der Waals surface area contributed by atoms with E-state index in [0.29, 0.717) is 24.5 Å². The second-order valence-electron chi connectivity index (χ2n) is 6.72. The van der Waals surface area contributed by atoms with Crippen molar-refractivity contribution in [2.45, 2.75) is 20.8 Å². The molecular weight excluding hydrogens is 294 g/mol. The summed E-state index contributed by atoms with van der Waals surface area (Å²) in [5.74, 6) is 0.580. The van der Waals surface area contributed by atoms with Crippen molar-refractivity contribution in [1.29, 1.82) is 0 Å². The van der Waals surface area contributed by atoms with Gasteiger partial charge in [-0.3, -0.25) is 9.59 Å². The summed E-state index contributed by atoms with van der Waals surface area (Å²) in [5, 5.41) is 2.94. The molecular formula is C17H25N3O3. The summed E-state index contributed by atoms with van der Waals surface area (Å²) in [6, 6.07) is 5.76. The number of nitrogens with zero attached hydrogens (tertiary/aromatic N) is 2. The van der Waals surface area contributed by atoms with Crippen molar-refractivity contribution >= 4 is 23.7 Å². The molecule has 23 heavy (non-hydrogen) atoms. The molecule has 2 amide bonds. The Labute approximate surface area is 137 Å². The van der Waals surface area contributed by atoms with Gasteiger partial charge in [-0.1, -0.05) is 20.8 Å². The minimum Gasteiger partial charge on any atom is -0.495 e. The van der Waals surface area contributed by atoms with Gasteiger partial charge in [-0.25, -0.2) is 0 Å². The SMILES string of the molecule is COc1ccc(N2CCN(C=O)CC2)cc1NC(=O)C(C)(C)C. The molecule has 1 aliphatic heterocycles. The lowest BCUT2D eigenvalue weighted by Gasteiger charge is -2.34. The molecule has 1 aromatic carbocycles. The summed E-state index contributed by atoms with van der Waals surface area (Å²) in [5.41, 5.74) is 1.21. The van der Waals surface area contributed by atoms with Gasteiger partial charge in [-0.2, -0.15) is 0 Å². The van der Waals surface area contributed by atoms with E-state index in [9.17, 15) is 9.59 Å². The van der Waals surface area contributed by atoms with E-state index in [1.165, 1.54) is 0 Å². The van der Waals surface area contributed by atoms with Gasteiger partial charge in [0.25, 0.3) is 0 Å². The number of amides is 2. The molecule has 6 heteroatoms. The van der Waals surface area contributed by atoms with Crippen molar-refractivity contribution in [1.82, 2.24) is 4.90 Å². The summed E-state index contributed by atoms with van der Waals surface area (Å²) < 4.78 is 5.35. The van der Waals surface area contributed by atoms with Gasteiger partial charge in [0.1, 0.15) is 5.75 Å². The first kappa shape index (κ1) is 17.1. The van der Waals surface area contributed by atoms with Gasteiger partial charge in [0, 0.05) is 37.3 Å². The molecule has 1 aromatic rings. The molecule has 1 N–H and O–H groups in total. The number of anilines is 2. The topological polar surface area (TPSA) is 61.9 Å². The lowest BCUT2D eigenvalue weighted by atomic mass is 9.95. The number of ether oxygens (including phenoxy) is 1. The molecule has 0 bridgehead atoms. The van der Waals surface area contributed by atoms with Crippen LogP contribution in [0.4, 0.5) is 11.4 Å². The molecule has 2 rings (SSSR count). The number of hydrogen-bond acceptors (Lipinski definition) is 4. The number of rotatable bonds is 4. The van der Waals surface area contributed by atoms with Crippen molar-refractivity contribution in [3.63, 3.8) is 0 Å². The van der Waals surface area contributed by atoms with Gasteiger partial charge in [0.15, 0.2) is 0 Å². The molecule has 0 aromatic heterocycles. The molecule has 126 valence electrons. The molecule has 0 radical (unpaired) electrons. The Kier molecular flexibility index (Phi) is 5.13. The lowest BCUT2D eigenvalue weighted by Crippen LogP contribution is -2.45. The van der Waals surface area contributed by atoms with Gasteiger partial charge in [0.05, 0.1) is 12.8 Å². The highest BCUT2D eigenvalue weighted by Gasteiger charge is 2.23. The Morgan fingerprint density at radius 2 is 1.87 bits per heavy atom. The predicted molar refractivity (Wildman–Crippen MR) is 90.9 cm³/mol. The van der Waals surface area contributed by atoms with Crippen LogP contribution in [0.1, 0.15) is 20.8 Å². The van der Waals surface area contributed by atoms with Crippen LogP contribution in [0.5, 0.6) is 5.75 Å². The van der Waals surface area contributed by atoms with Gasteiger partial charge >= 0.3 is 0 Å². The maximum absolute atomic E-state index is 12.2. The molecule has 1 heterocycles. The highest BCUT2D eigenvalue weighted by molar-refractivity contribution is 5.96. The van der Waals surface area contributed by atoms with Crippen LogP contribution >= 0.6 is 0 Å². The molecule has 1 fully saturated rings. The fourth-order valence-corrected chi connectivity index (χ4v) is 2.39. The molecule has 1 saturated heterocycles.